The summed E-state index contributed by atoms with van der Waals surface area (Å²) in [6.07, 6.45) is -3.60. The Labute approximate surface area is 156 Å². The Kier molecular flexibility index (Phi) is 6.54. The molecule has 2 amide bonds. The van der Waals surface area contributed by atoms with Gasteiger partial charge in [-0.3, -0.25) is 4.90 Å². The van der Waals surface area contributed by atoms with E-state index in [9.17, 15) is 23.2 Å². The molecule has 1 aliphatic rings. The highest BCUT2D eigenvalue weighted by Crippen LogP contribution is 2.26. The molecule has 0 unspecified atom stereocenters. The van der Waals surface area contributed by atoms with Gasteiger partial charge < -0.3 is 15.5 Å². The third-order valence-electron chi connectivity index (χ3n) is 4.51. The summed E-state index contributed by atoms with van der Waals surface area (Å²) in [5.74, 6) is -0.0219. The van der Waals surface area contributed by atoms with Crippen molar-refractivity contribution in [2.24, 2.45) is 5.92 Å². The van der Waals surface area contributed by atoms with E-state index in [-0.39, 0.29) is 12.5 Å². The van der Waals surface area contributed by atoms with E-state index in [1.165, 1.54) is 4.90 Å². The van der Waals surface area contributed by atoms with Crippen LogP contribution >= 0.6 is 0 Å². The molecular weight excluding hydrogens is 359 g/mol. The highest BCUT2D eigenvalue weighted by Gasteiger charge is 2.34. The summed E-state index contributed by atoms with van der Waals surface area (Å²) in [5.41, 5.74) is 2.54. The minimum absolute atomic E-state index is 0.0219. The molecule has 1 fully saturated rings. The van der Waals surface area contributed by atoms with E-state index >= 15 is 0 Å². The number of hydrogen-bond donors (Lipinski definition) is 2. The van der Waals surface area contributed by atoms with Gasteiger partial charge in [-0.25, -0.2) is 4.79 Å². The first-order valence-electron chi connectivity index (χ1n) is 8.65. The molecule has 0 aromatic heterocycles. The Morgan fingerprint density at radius 3 is 2.70 bits per heavy atom. The highest BCUT2D eigenvalue weighted by atomic mass is 19.4. The van der Waals surface area contributed by atoms with E-state index in [2.05, 4.69) is 16.7 Å². The minimum Gasteiger partial charge on any atom is -0.377 e. The number of carbonyl (C=O) groups is 1. The number of alkyl halides is 3. The molecule has 2 rings (SSSR count). The summed E-state index contributed by atoms with van der Waals surface area (Å²) < 4.78 is 37.3. The SMILES string of the molecule is Cc1cc(NC(=O)NC[C@H]2CCN(CC(F)(F)F)C2)c(C#N)cc1N(C)C. The largest absolute Gasteiger partial charge is 0.401 e. The Morgan fingerprint density at radius 1 is 1.41 bits per heavy atom. The molecule has 1 saturated heterocycles. The first kappa shape index (κ1) is 20.8. The van der Waals surface area contributed by atoms with Gasteiger partial charge in [-0.05, 0) is 43.5 Å². The molecule has 1 aliphatic heterocycles. The standard InChI is InChI=1S/C18H24F3N5O/c1-12-6-15(14(8-22)7-16(12)25(2)3)24-17(27)23-9-13-4-5-26(10-13)11-18(19,20)21/h6-7,13H,4-5,9-11H2,1-3H3,(H2,23,24,27)/t13-/m1/s1. The first-order valence-corrected chi connectivity index (χ1v) is 8.65. The van der Waals surface area contributed by atoms with Crippen LogP contribution in [0.3, 0.4) is 0 Å². The Balaban J connectivity index is 1.90. The van der Waals surface area contributed by atoms with Crippen molar-refractivity contribution >= 4 is 17.4 Å². The number of nitriles is 1. The van der Waals surface area contributed by atoms with Crippen LogP contribution in [-0.4, -0.2) is 57.4 Å². The van der Waals surface area contributed by atoms with E-state index in [1.54, 1.807) is 12.1 Å². The van der Waals surface area contributed by atoms with E-state index in [4.69, 9.17) is 0 Å². The monoisotopic (exact) mass is 383 g/mol. The fourth-order valence-electron chi connectivity index (χ4n) is 3.25. The third-order valence-corrected chi connectivity index (χ3v) is 4.51. The molecule has 9 heteroatoms. The molecule has 1 aromatic rings. The molecular formula is C18H24F3N5O. The molecule has 148 valence electrons. The number of likely N-dealkylation sites (tertiary alicyclic amines) is 1. The summed E-state index contributed by atoms with van der Waals surface area (Å²) in [7, 11) is 3.74. The second kappa shape index (κ2) is 8.48. The van der Waals surface area contributed by atoms with Crippen LogP contribution in [0, 0.1) is 24.2 Å². The molecule has 0 spiro atoms. The van der Waals surface area contributed by atoms with Crippen LogP contribution in [0.5, 0.6) is 0 Å². The van der Waals surface area contributed by atoms with E-state index in [1.807, 2.05) is 25.9 Å². The Bertz CT molecular complexity index is 727. The van der Waals surface area contributed by atoms with Crippen LogP contribution in [0.2, 0.25) is 0 Å². The zero-order valence-corrected chi connectivity index (χ0v) is 15.7. The third kappa shape index (κ3) is 6.03. The molecule has 0 radical (unpaired) electrons. The van der Waals surface area contributed by atoms with Crippen molar-refractivity contribution in [3.8, 4) is 6.07 Å². The predicted molar refractivity (Wildman–Crippen MR) is 97.8 cm³/mol. The normalized spacial score (nSPS) is 17.4. The molecule has 0 saturated carbocycles. The van der Waals surface area contributed by atoms with Crippen LogP contribution < -0.4 is 15.5 Å². The molecule has 1 aromatic carbocycles. The van der Waals surface area contributed by atoms with Gasteiger partial charge in [-0.1, -0.05) is 0 Å². The van der Waals surface area contributed by atoms with E-state index in [0.717, 1.165) is 11.3 Å². The first-order chi connectivity index (χ1) is 12.6. The lowest BCUT2D eigenvalue weighted by atomic mass is 10.1. The lowest BCUT2D eigenvalue weighted by Crippen LogP contribution is -2.36. The number of rotatable bonds is 5. The Hall–Kier alpha value is -2.47. The predicted octanol–water partition coefficient (Wildman–Crippen LogP) is 2.94. The molecule has 0 aliphatic carbocycles. The summed E-state index contributed by atoms with van der Waals surface area (Å²) in [5, 5.41) is 14.7. The fourth-order valence-corrected chi connectivity index (χ4v) is 3.25. The number of urea groups is 1. The zero-order valence-electron chi connectivity index (χ0n) is 15.7. The maximum atomic E-state index is 12.4. The number of anilines is 2. The number of amides is 2. The maximum absolute atomic E-state index is 12.4. The van der Waals surface area contributed by atoms with Crippen LogP contribution in [0.1, 0.15) is 17.5 Å². The smallest absolute Gasteiger partial charge is 0.377 e. The maximum Gasteiger partial charge on any atom is 0.401 e. The summed E-state index contributed by atoms with van der Waals surface area (Å²) in [4.78, 5) is 15.4. The average molecular weight is 383 g/mol. The number of halogens is 3. The van der Waals surface area contributed by atoms with Gasteiger partial charge in [0.2, 0.25) is 0 Å². The van der Waals surface area contributed by atoms with Crippen molar-refractivity contribution < 1.29 is 18.0 Å². The van der Waals surface area contributed by atoms with Gasteiger partial charge in [0.25, 0.3) is 0 Å². The average Bonchev–Trinajstić information content (AvgIpc) is 2.98. The van der Waals surface area contributed by atoms with Crippen molar-refractivity contribution in [2.75, 3.05) is 50.5 Å². The number of nitrogens with zero attached hydrogens (tertiary/aromatic N) is 3. The number of aryl methyl sites for hydroxylation is 1. The highest BCUT2D eigenvalue weighted by molar-refractivity contribution is 5.91. The van der Waals surface area contributed by atoms with Gasteiger partial charge in [0.1, 0.15) is 6.07 Å². The van der Waals surface area contributed by atoms with Crippen LogP contribution in [0.15, 0.2) is 12.1 Å². The second-order valence-electron chi connectivity index (χ2n) is 7.03. The molecule has 1 atom stereocenters. The van der Waals surface area contributed by atoms with Crippen LogP contribution in [-0.2, 0) is 0 Å². The quantitative estimate of drug-likeness (QED) is 0.820. The topological polar surface area (TPSA) is 71.4 Å². The van der Waals surface area contributed by atoms with E-state index < -0.39 is 18.8 Å². The molecule has 0 bridgehead atoms. The number of carbonyl (C=O) groups excluding carboxylic acids is 1. The van der Waals surface area contributed by atoms with Crippen LogP contribution in [0.4, 0.5) is 29.3 Å². The number of benzene rings is 1. The number of hydrogen-bond acceptors (Lipinski definition) is 4. The molecule has 1 heterocycles. The van der Waals surface area contributed by atoms with Crippen molar-refractivity contribution in [3.63, 3.8) is 0 Å². The Morgan fingerprint density at radius 2 is 2.11 bits per heavy atom. The van der Waals surface area contributed by atoms with Crippen LogP contribution in [0.25, 0.3) is 0 Å². The minimum atomic E-state index is -4.20. The van der Waals surface area contributed by atoms with Gasteiger partial charge in [0, 0.05) is 32.9 Å². The van der Waals surface area contributed by atoms with Gasteiger partial charge in [-0.15, -0.1) is 0 Å². The van der Waals surface area contributed by atoms with Crippen molar-refractivity contribution in [1.29, 1.82) is 5.26 Å². The summed E-state index contributed by atoms with van der Waals surface area (Å²) >= 11 is 0. The molecule has 6 nitrogen and oxygen atoms in total. The molecule has 2 N–H and O–H groups in total. The lowest BCUT2D eigenvalue weighted by molar-refractivity contribution is -0.143. The molecule has 27 heavy (non-hydrogen) atoms. The fraction of sp³-hybridized carbons (Fsp3) is 0.556. The zero-order chi connectivity index (χ0) is 20.2. The number of nitrogens with one attached hydrogen (secondary N) is 2. The lowest BCUT2D eigenvalue weighted by Gasteiger charge is -2.19. The van der Waals surface area contributed by atoms with Gasteiger partial charge in [0.05, 0.1) is 17.8 Å². The van der Waals surface area contributed by atoms with Gasteiger partial charge in [-0.2, -0.15) is 18.4 Å². The van der Waals surface area contributed by atoms with Crippen molar-refractivity contribution in [1.82, 2.24) is 10.2 Å². The van der Waals surface area contributed by atoms with Gasteiger partial charge >= 0.3 is 12.2 Å². The van der Waals surface area contributed by atoms with Crippen molar-refractivity contribution in [3.05, 3.63) is 23.3 Å². The summed E-state index contributed by atoms with van der Waals surface area (Å²) in [6.45, 7) is 1.93. The van der Waals surface area contributed by atoms with Crippen molar-refractivity contribution in [2.45, 2.75) is 19.5 Å². The van der Waals surface area contributed by atoms with E-state index in [0.29, 0.717) is 30.8 Å². The summed E-state index contributed by atoms with van der Waals surface area (Å²) in [6, 6.07) is 5.03. The van der Waals surface area contributed by atoms with Gasteiger partial charge in [0.15, 0.2) is 0 Å². The second-order valence-corrected chi connectivity index (χ2v) is 7.03.